The minimum Gasteiger partial charge on any atom is -0.393 e. The first kappa shape index (κ1) is 15.9. The number of carbonyl (C=O) groups is 2. The average Bonchev–Trinajstić information content (AvgIpc) is 2.70. The third kappa shape index (κ3) is 7.14. The molecule has 0 aromatic rings. The number of unbranched alkanes of at least 4 members (excludes halogenated alkanes) is 8. The van der Waals surface area contributed by atoms with E-state index >= 15 is 0 Å². The van der Waals surface area contributed by atoms with Gasteiger partial charge in [-0.05, 0) is 12.8 Å². The summed E-state index contributed by atoms with van der Waals surface area (Å²) in [5, 5.41) is 0. The normalized spacial score (nSPS) is 19.3. The number of allylic oxidation sites excluding steroid dienone is 1. The number of ether oxygens (including phenoxy) is 1. The maximum Gasteiger partial charge on any atom is 0.321 e. The third-order valence-electron chi connectivity index (χ3n) is 3.50. The Kier molecular flexibility index (Phi) is 8.19. The zero-order chi connectivity index (χ0) is 13.9. The number of hydrogen-bond acceptors (Lipinski definition) is 3. The van der Waals surface area contributed by atoms with Crippen molar-refractivity contribution >= 4 is 11.9 Å². The minimum atomic E-state index is -0.397. The highest BCUT2D eigenvalue weighted by Crippen LogP contribution is 2.17. The van der Waals surface area contributed by atoms with Crippen molar-refractivity contribution in [3.63, 3.8) is 0 Å². The molecule has 0 saturated carbocycles. The Morgan fingerprint density at radius 1 is 1.05 bits per heavy atom. The highest BCUT2D eigenvalue weighted by molar-refractivity contribution is 5.95. The quantitative estimate of drug-likeness (QED) is 0.258. The standard InChI is InChI=1S/C16H26O3/c1-2-3-4-5-6-7-8-9-10-11-12-14-13-15(17)19-16(14)18/h11-12,14H,2-10,13H2,1H3/b12-11-/t14-/m1/s1. The van der Waals surface area contributed by atoms with E-state index in [1.807, 2.05) is 12.2 Å². The van der Waals surface area contributed by atoms with Crippen molar-refractivity contribution in [3.8, 4) is 0 Å². The molecule has 0 aromatic heterocycles. The molecule has 0 spiro atoms. The zero-order valence-electron chi connectivity index (χ0n) is 12.0. The van der Waals surface area contributed by atoms with Crippen LogP contribution in [0.15, 0.2) is 12.2 Å². The van der Waals surface area contributed by atoms with E-state index < -0.39 is 11.9 Å². The van der Waals surface area contributed by atoms with Crippen LogP contribution in [0, 0.1) is 5.92 Å². The molecule has 3 heteroatoms. The second-order valence-corrected chi connectivity index (χ2v) is 5.30. The Labute approximate surface area is 116 Å². The molecule has 1 atom stereocenters. The molecule has 0 aromatic carbocycles. The topological polar surface area (TPSA) is 43.4 Å². The molecule has 1 saturated heterocycles. The smallest absolute Gasteiger partial charge is 0.321 e. The molecule has 1 aliphatic rings. The van der Waals surface area contributed by atoms with Crippen LogP contribution in [0.1, 0.15) is 71.1 Å². The maximum atomic E-state index is 11.2. The summed E-state index contributed by atoms with van der Waals surface area (Å²) in [4.78, 5) is 22.1. The lowest BCUT2D eigenvalue weighted by Crippen LogP contribution is -2.03. The molecule has 0 bridgehead atoms. The van der Waals surface area contributed by atoms with Gasteiger partial charge in [0, 0.05) is 0 Å². The van der Waals surface area contributed by atoms with Gasteiger partial charge in [-0.3, -0.25) is 9.59 Å². The van der Waals surface area contributed by atoms with Crippen molar-refractivity contribution in [1.29, 1.82) is 0 Å². The number of carbonyl (C=O) groups excluding carboxylic acids is 2. The molecule has 0 unspecified atom stereocenters. The van der Waals surface area contributed by atoms with Gasteiger partial charge in [-0.15, -0.1) is 0 Å². The van der Waals surface area contributed by atoms with Crippen molar-refractivity contribution in [3.05, 3.63) is 12.2 Å². The number of cyclic esters (lactones) is 2. The highest BCUT2D eigenvalue weighted by atomic mass is 16.6. The van der Waals surface area contributed by atoms with Gasteiger partial charge in [-0.1, -0.05) is 64.0 Å². The Morgan fingerprint density at radius 2 is 1.68 bits per heavy atom. The van der Waals surface area contributed by atoms with Gasteiger partial charge in [-0.2, -0.15) is 0 Å². The van der Waals surface area contributed by atoms with Gasteiger partial charge >= 0.3 is 11.9 Å². The Morgan fingerprint density at radius 3 is 2.26 bits per heavy atom. The van der Waals surface area contributed by atoms with E-state index in [4.69, 9.17) is 0 Å². The van der Waals surface area contributed by atoms with Crippen molar-refractivity contribution in [2.75, 3.05) is 0 Å². The first-order valence-corrected chi connectivity index (χ1v) is 7.65. The predicted molar refractivity (Wildman–Crippen MR) is 75.6 cm³/mol. The summed E-state index contributed by atoms with van der Waals surface area (Å²) < 4.78 is 4.49. The van der Waals surface area contributed by atoms with E-state index in [9.17, 15) is 9.59 Å². The van der Waals surface area contributed by atoms with Crippen LogP contribution in [0.2, 0.25) is 0 Å². The first-order valence-electron chi connectivity index (χ1n) is 7.65. The van der Waals surface area contributed by atoms with E-state index in [0.29, 0.717) is 0 Å². The fraction of sp³-hybridized carbons (Fsp3) is 0.750. The summed E-state index contributed by atoms with van der Waals surface area (Å²) in [6.45, 7) is 2.24. The van der Waals surface area contributed by atoms with Gasteiger partial charge in [0.25, 0.3) is 0 Å². The fourth-order valence-electron chi connectivity index (χ4n) is 2.30. The lowest BCUT2D eigenvalue weighted by molar-refractivity contribution is -0.152. The van der Waals surface area contributed by atoms with Crippen LogP contribution in [-0.4, -0.2) is 11.9 Å². The second-order valence-electron chi connectivity index (χ2n) is 5.30. The van der Waals surface area contributed by atoms with E-state index in [1.165, 1.54) is 51.4 Å². The Hall–Kier alpha value is -1.12. The molecule has 0 radical (unpaired) electrons. The molecule has 0 aliphatic carbocycles. The van der Waals surface area contributed by atoms with Gasteiger partial charge in [0.2, 0.25) is 0 Å². The van der Waals surface area contributed by atoms with E-state index in [2.05, 4.69) is 11.7 Å². The molecule has 0 N–H and O–H groups in total. The zero-order valence-corrected chi connectivity index (χ0v) is 12.0. The molecule has 3 nitrogen and oxygen atoms in total. The van der Waals surface area contributed by atoms with Crippen molar-refractivity contribution in [1.82, 2.24) is 0 Å². The molecule has 1 aliphatic heterocycles. The van der Waals surface area contributed by atoms with Gasteiger partial charge in [-0.25, -0.2) is 0 Å². The summed E-state index contributed by atoms with van der Waals surface area (Å²) in [7, 11) is 0. The van der Waals surface area contributed by atoms with Crippen molar-refractivity contribution < 1.29 is 14.3 Å². The van der Waals surface area contributed by atoms with Gasteiger partial charge < -0.3 is 4.74 Å². The number of hydrogen-bond donors (Lipinski definition) is 0. The molecular formula is C16H26O3. The molecule has 108 valence electrons. The van der Waals surface area contributed by atoms with Crippen LogP contribution in [-0.2, 0) is 14.3 Å². The highest BCUT2D eigenvalue weighted by Gasteiger charge is 2.30. The fourth-order valence-corrected chi connectivity index (χ4v) is 2.30. The minimum absolute atomic E-state index is 0.215. The summed E-state index contributed by atoms with van der Waals surface area (Å²) in [5.74, 6) is -1.12. The molecular weight excluding hydrogens is 240 g/mol. The molecule has 19 heavy (non-hydrogen) atoms. The number of rotatable bonds is 10. The van der Waals surface area contributed by atoms with Crippen molar-refractivity contribution in [2.45, 2.75) is 71.1 Å². The first-order chi connectivity index (χ1) is 9.24. The van der Waals surface area contributed by atoms with Crippen LogP contribution in [0.25, 0.3) is 0 Å². The summed E-state index contributed by atoms with van der Waals surface area (Å²) in [6, 6.07) is 0. The lowest BCUT2D eigenvalue weighted by Gasteiger charge is -2.00. The second kappa shape index (κ2) is 9.76. The van der Waals surface area contributed by atoms with Crippen molar-refractivity contribution in [2.24, 2.45) is 5.92 Å². The number of esters is 2. The largest absolute Gasteiger partial charge is 0.393 e. The summed E-state index contributed by atoms with van der Waals surface area (Å²) in [6.07, 6.45) is 15.5. The predicted octanol–water partition coefficient (Wildman–Crippen LogP) is 4.16. The summed E-state index contributed by atoms with van der Waals surface area (Å²) in [5.41, 5.74) is 0. The van der Waals surface area contributed by atoms with Crippen LogP contribution in [0.3, 0.4) is 0 Å². The average molecular weight is 266 g/mol. The van der Waals surface area contributed by atoms with E-state index in [1.54, 1.807) is 0 Å². The van der Waals surface area contributed by atoms with Gasteiger partial charge in [0.05, 0.1) is 12.3 Å². The van der Waals surface area contributed by atoms with E-state index in [-0.39, 0.29) is 12.3 Å². The van der Waals surface area contributed by atoms with Gasteiger partial charge in [0.15, 0.2) is 0 Å². The van der Waals surface area contributed by atoms with E-state index in [0.717, 1.165) is 6.42 Å². The molecule has 0 amide bonds. The van der Waals surface area contributed by atoms with Gasteiger partial charge in [0.1, 0.15) is 0 Å². The van der Waals surface area contributed by atoms with Crippen LogP contribution >= 0.6 is 0 Å². The molecule has 1 heterocycles. The maximum absolute atomic E-state index is 11.2. The summed E-state index contributed by atoms with van der Waals surface area (Å²) >= 11 is 0. The Balaban J connectivity index is 1.93. The third-order valence-corrected chi connectivity index (χ3v) is 3.50. The van der Waals surface area contributed by atoms with Crippen LogP contribution in [0.5, 0.6) is 0 Å². The molecule has 1 fully saturated rings. The lowest BCUT2D eigenvalue weighted by atomic mass is 10.0. The van der Waals surface area contributed by atoms with Crippen LogP contribution in [0.4, 0.5) is 0 Å². The van der Waals surface area contributed by atoms with Crippen LogP contribution < -0.4 is 0 Å². The monoisotopic (exact) mass is 266 g/mol. The SMILES string of the molecule is CCCCCCCCCC/C=C\[C@@H]1CC(=O)OC1=O. The Bertz CT molecular complexity index is 307. The molecule has 1 rings (SSSR count).